The predicted octanol–water partition coefficient (Wildman–Crippen LogP) is 4.00. The van der Waals surface area contributed by atoms with E-state index in [0.717, 1.165) is 23.3 Å². The molecule has 158 valence electrons. The number of thiazole rings is 1. The van der Waals surface area contributed by atoms with Crippen molar-refractivity contribution < 1.29 is 12.8 Å². The molecule has 4 rings (SSSR count). The van der Waals surface area contributed by atoms with Crippen LogP contribution < -0.4 is 4.90 Å². The zero-order valence-corrected chi connectivity index (χ0v) is 18.6. The third kappa shape index (κ3) is 4.40. The Morgan fingerprint density at radius 3 is 2.43 bits per heavy atom. The summed E-state index contributed by atoms with van der Waals surface area (Å²) in [5, 5.41) is 2.98. The summed E-state index contributed by atoms with van der Waals surface area (Å²) in [6.07, 6.45) is 0.782. The Morgan fingerprint density at radius 2 is 1.73 bits per heavy atom. The highest BCUT2D eigenvalue weighted by Gasteiger charge is 2.30. The third-order valence-electron chi connectivity index (χ3n) is 5.32. The topological polar surface area (TPSA) is 53.5 Å². The van der Waals surface area contributed by atoms with Crippen LogP contribution >= 0.6 is 11.3 Å². The van der Waals surface area contributed by atoms with Gasteiger partial charge in [-0.15, -0.1) is 11.3 Å². The largest absolute Gasteiger partial charge is 0.345 e. The summed E-state index contributed by atoms with van der Waals surface area (Å²) >= 11 is 1.59. The van der Waals surface area contributed by atoms with Crippen LogP contribution in [0.1, 0.15) is 22.4 Å². The van der Waals surface area contributed by atoms with Crippen molar-refractivity contribution in [2.45, 2.75) is 25.2 Å². The molecule has 3 aromatic rings. The molecule has 0 aliphatic carbocycles. The Balaban J connectivity index is 1.42. The number of hydrogen-bond acceptors (Lipinski definition) is 5. The monoisotopic (exact) mass is 445 g/mol. The van der Waals surface area contributed by atoms with E-state index in [2.05, 4.69) is 41.5 Å². The summed E-state index contributed by atoms with van der Waals surface area (Å²) in [7, 11) is -3.71. The SMILES string of the molecule is Cc1ccc(Cc2csc(N3CCN(S(=O)(=O)c4cc(F)ccc4C)CC3)n2)cc1. The Morgan fingerprint density at radius 1 is 1.03 bits per heavy atom. The molecule has 0 spiro atoms. The second-order valence-corrected chi connectivity index (χ2v) is 10.3. The molecule has 30 heavy (non-hydrogen) atoms. The Bertz CT molecular complexity index is 1140. The molecule has 1 fully saturated rings. The third-order valence-corrected chi connectivity index (χ3v) is 8.31. The number of rotatable bonds is 5. The predicted molar refractivity (Wildman–Crippen MR) is 118 cm³/mol. The number of nitrogens with zero attached hydrogens (tertiary/aromatic N) is 3. The molecule has 2 heterocycles. The molecule has 1 saturated heterocycles. The Hall–Kier alpha value is -2.29. The molecule has 0 amide bonds. The van der Waals surface area contributed by atoms with E-state index >= 15 is 0 Å². The van der Waals surface area contributed by atoms with Gasteiger partial charge in [-0.1, -0.05) is 35.9 Å². The number of benzene rings is 2. The van der Waals surface area contributed by atoms with Gasteiger partial charge in [0.1, 0.15) is 5.82 Å². The standard InChI is InChI=1S/C22H24FN3O2S2/c1-16-3-6-18(7-4-16)13-20-15-29-22(24-20)25-9-11-26(12-10-25)30(27,28)21-14-19(23)8-5-17(21)2/h3-8,14-15H,9-13H2,1-2H3. The lowest BCUT2D eigenvalue weighted by Gasteiger charge is -2.34. The van der Waals surface area contributed by atoms with E-state index in [1.807, 2.05) is 0 Å². The highest BCUT2D eigenvalue weighted by Crippen LogP contribution is 2.26. The molecule has 1 aliphatic rings. The van der Waals surface area contributed by atoms with Crippen molar-refractivity contribution in [3.63, 3.8) is 0 Å². The van der Waals surface area contributed by atoms with Crippen molar-refractivity contribution in [1.29, 1.82) is 0 Å². The van der Waals surface area contributed by atoms with Crippen LogP contribution in [-0.2, 0) is 16.4 Å². The summed E-state index contributed by atoms with van der Waals surface area (Å²) in [4.78, 5) is 6.92. The van der Waals surface area contributed by atoms with Gasteiger partial charge < -0.3 is 4.90 Å². The fraction of sp³-hybridized carbons (Fsp3) is 0.318. The van der Waals surface area contributed by atoms with Gasteiger partial charge in [0.05, 0.1) is 10.6 Å². The van der Waals surface area contributed by atoms with Crippen LogP contribution in [0.5, 0.6) is 0 Å². The first-order valence-electron chi connectivity index (χ1n) is 9.84. The quantitative estimate of drug-likeness (QED) is 0.596. The molecule has 0 radical (unpaired) electrons. The van der Waals surface area contributed by atoms with Crippen LogP contribution in [0.2, 0.25) is 0 Å². The smallest absolute Gasteiger partial charge is 0.243 e. The molecular weight excluding hydrogens is 421 g/mol. The van der Waals surface area contributed by atoms with E-state index in [1.54, 1.807) is 18.3 Å². The number of piperazine rings is 1. The number of aromatic nitrogens is 1. The van der Waals surface area contributed by atoms with Gasteiger partial charge in [0.15, 0.2) is 5.13 Å². The van der Waals surface area contributed by atoms with Crippen LogP contribution in [0.3, 0.4) is 0 Å². The van der Waals surface area contributed by atoms with Crippen LogP contribution in [0.4, 0.5) is 9.52 Å². The minimum atomic E-state index is -3.71. The van der Waals surface area contributed by atoms with Gasteiger partial charge in [-0.2, -0.15) is 4.31 Å². The molecule has 0 saturated carbocycles. The van der Waals surface area contributed by atoms with Gasteiger partial charge in [0.2, 0.25) is 10.0 Å². The van der Waals surface area contributed by atoms with Crippen molar-refractivity contribution in [2.75, 3.05) is 31.1 Å². The first kappa shape index (κ1) is 21.0. The average Bonchev–Trinajstić information content (AvgIpc) is 3.20. The highest BCUT2D eigenvalue weighted by molar-refractivity contribution is 7.89. The molecule has 1 aromatic heterocycles. The summed E-state index contributed by atoms with van der Waals surface area (Å²) in [6.45, 7) is 5.58. The second kappa shape index (κ2) is 8.45. The Labute approximate surface area is 180 Å². The number of sulfonamides is 1. The lowest BCUT2D eigenvalue weighted by molar-refractivity contribution is 0.384. The first-order chi connectivity index (χ1) is 14.3. The van der Waals surface area contributed by atoms with Crippen molar-refractivity contribution >= 4 is 26.5 Å². The molecular formula is C22H24FN3O2S2. The van der Waals surface area contributed by atoms with Gasteiger partial charge >= 0.3 is 0 Å². The van der Waals surface area contributed by atoms with Gasteiger partial charge in [-0.3, -0.25) is 0 Å². The summed E-state index contributed by atoms with van der Waals surface area (Å²) < 4.78 is 41.0. The summed E-state index contributed by atoms with van der Waals surface area (Å²) in [5.74, 6) is -0.540. The molecule has 2 aromatic carbocycles. The van der Waals surface area contributed by atoms with Crippen LogP contribution in [-0.4, -0.2) is 43.9 Å². The van der Waals surface area contributed by atoms with Gasteiger partial charge in [0.25, 0.3) is 0 Å². The van der Waals surface area contributed by atoms with Crippen molar-refractivity contribution in [3.8, 4) is 0 Å². The van der Waals surface area contributed by atoms with Gasteiger partial charge in [-0.25, -0.2) is 17.8 Å². The molecule has 5 nitrogen and oxygen atoms in total. The highest BCUT2D eigenvalue weighted by atomic mass is 32.2. The number of hydrogen-bond donors (Lipinski definition) is 0. The fourth-order valence-electron chi connectivity index (χ4n) is 3.55. The van der Waals surface area contributed by atoms with E-state index in [9.17, 15) is 12.8 Å². The van der Waals surface area contributed by atoms with E-state index in [4.69, 9.17) is 4.98 Å². The Kier molecular flexibility index (Phi) is 5.90. The summed E-state index contributed by atoms with van der Waals surface area (Å²) in [5.41, 5.74) is 4.03. The lowest BCUT2D eigenvalue weighted by Crippen LogP contribution is -2.48. The molecule has 0 unspecified atom stereocenters. The van der Waals surface area contributed by atoms with Crippen molar-refractivity contribution in [2.24, 2.45) is 0 Å². The minimum Gasteiger partial charge on any atom is -0.345 e. The van der Waals surface area contributed by atoms with E-state index in [0.29, 0.717) is 31.7 Å². The first-order valence-corrected chi connectivity index (χ1v) is 12.2. The van der Waals surface area contributed by atoms with Gasteiger partial charge in [-0.05, 0) is 37.1 Å². The number of halogens is 1. The lowest BCUT2D eigenvalue weighted by atomic mass is 10.1. The van der Waals surface area contributed by atoms with Crippen molar-refractivity contribution in [1.82, 2.24) is 9.29 Å². The van der Waals surface area contributed by atoms with Gasteiger partial charge in [0, 0.05) is 38.0 Å². The van der Waals surface area contributed by atoms with E-state index in [-0.39, 0.29) is 4.90 Å². The maximum atomic E-state index is 13.6. The minimum absolute atomic E-state index is 0.0468. The molecule has 0 N–H and O–H groups in total. The number of aryl methyl sites for hydroxylation is 2. The zero-order valence-electron chi connectivity index (χ0n) is 17.0. The average molecular weight is 446 g/mol. The fourth-order valence-corrected chi connectivity index (χ4v) is 6.09. The molecule has 0 bridgehead atoms. The van der Waals surface area contributed by atoms with Crippen LogP contribution in [0.15, 0.2) is 52.7 Å². The maximum Gasteiger partial charge on any atom is 0.243 e. The second-order valence-electron chi connectivity index (χ2n) is 7.58. The van der Waals surface area contributed by atoms with Crippen molar-refractivity contribution in [3.05, 3.63) is 76.0 Å². The summed E-state index contributed by atoms with van der Waals surface area (Å²) in [6, 6.07) is 12.3. The molecule has 0 atom stereocenters. The van der Waals surface area contributed by atoms with Crippen LogP contribution in [0, 0.1) is 19.7 Å². The van der Waals surface area contributed by atoms with E-state index < -0.39 is 15.8 Å². The molecule has 8 heteroatoms. The maximum absolute atomic E-state index is 13.6. The molecule has 1 aliphatic heterocycles. The van der Waals surface area contributed by atoms with Crippen LogP contribution in [0.25, 0.3) is 0 Å². The zero-order chi connectivity index (χ0) is 21.3. The van der Waals surface area contributed by atoms with E-state index in [1.165, 1.54) is 27.6 Å². The number of anilines is 1. The normalized spacial score (nSPS) is 15.5.